The van der Waals surface area contributed by atoms with Crippen molar-refractivity contribution in [3.8, 4) is 11.4 Å². The highest BCUT2D eigenvalue weighted by atomic mass is 79.9. The van der Waals surface area contributed by atoms with Crippen LogP contribution in [0.4, 0.5) is 5.82 Å². The van der Waals surface area contributed by atoms with Crippen molar-refractivity contribution in [1.82, 2.24) is 15.2 Å². The summed E-state index contributed by atoms with van der Waals surface area (Å²) in [6.45, 7) is 0. The molecule has 15 heavy (non-hydrogen) atoms. The molecule has 1 N–H and O–H groups in total. The number of aromatic nitrogens is 3. The lowest BCUT2D eigenvalue weighted by Gasteiger charge is -2.03. The topological polar surface area (TPSA) is 50.7 Å². The van der Waals surface area contributed by atoms with Crippen molar-refractivity contribution in [2.45, 2.75) is 0 Å². The molecule has 0 radical (unpaired) electrons. The Morgan fingerprint density at radius 3 is 2.80 bits per heavy atom. The minimum Gasteiger partial charge on any atom is -0.372 e. The molecule has 0 aliphatic heterocycles. The third-order valence-electron chi connectivity index (χ3n) is 1.93. The second-order valence-electron chi connectivity index (χ2n) is 2.90. The second-order valence-corrected chi connectivity index (χ2v) is 3.75. The molecule has 0 amide bonds. The molecule has 0 spiro atoms. The molecule has 0 atom stereocenters. The summed E-state index contributed by atoms with van der Waals surface area (Å²) in [5, 5.41) is 10.8. The summed E-state index contributed by atoms with van der Waals surface area (Å²) in [6, 6.07) is 7.78. The van der Waals surface area contributed by atoms with Crippen molar-refractivity contribution in [2.75, 3.05) is 12.4 Å². The monoisotopic (exact) mass is 264 g/mol. The molecule has 0 fully saturated rings. The van der Waals surface area contributed by atoms with Crippen LogP contribution in [0.3, 0.4) is 0 Å². The first-order valence-corrected chi connectivity index (χ1v) is 5.23. The zero-order valence-corrected chi connectivity index (χ0v) is 9.69. The lowest BCUT2D eigenvalue weighted by molar-refractivity contribution is 0.980. The van der Waals surface area contributed by atoms with Crippen LogP contribution in [-0.2, 0) is 0 Å². The van der Waals surface area contributed by atoms with Crippen molar-refractivity contribution >= 4 is 21.7 Å². The Morgan fingerprint density at radius 2 is 2.07 bits per heavy atom. The molecule has 0 bridgehead atoms. The Kier molecular flexibility index (Phi) is 2.91. The Labute approximate surface area is 95.9 Å². The van der Waals surface area contributed by atoms with Gasteiger partial charge in [0.25, 0.3) is 0 Å². The first-order chi connectivity index (χ1) is 7.31. The number of anilines is 1. The van der Waals surface area contributed by atoms with Crippen LogP contribution in [0.15, 0.2) is 34.9 Å². The predicted octanol–water partition coefficient (Wildman–Crippen LogP) is 2.34. The van der Waals surface area contributed by atoms with E-state index >= 15 is 0 Å². The van der Waals surface area contributed by atoms with Gasteiger partial charge >= 0.3 is 0 Å². The maximum atomic E-state index is 4.31. The molecule has 1 aromatic carbocycles. The highest BCUT2D eigenvalue weighted by Gasteiger charge is 2.06. The Hall–Kier alpha value is -1.49. The molecular formula is C10H9BrN4. The lowest BCUT2D eigenvalue weighted by Crippen LogP contribution is -1.98. The van der Waals surface area contributed by atoms with Gasteiger partial charge in [0, 0.05) is 17.1 Å². The van der Waals surface area contributed by atoms with E-state index in [1.165, 1.54) is 0 Å². The number of benzene rings is 1. The molecule has 76 valence electrons. The van der Waals surface area contributed by atoms with Gasteiger partial charge in [-0.1, -0.05) is 28.1 Å². The quantitative estimate of drug-likeness (QED) is 0.905. The molecule has 0 unspecified atom stereocenters. The summed E-state index contributed by atoms with van der Waals surface area (Å²) in [5.41, 5.74) is 0.933. The van der Waals surface area contributed by atoms with Crippen molar-refractivity contribution in [2.24, 2.45) is 0 Å². The van der Waals surface area contributed by atoms with Gasteiger partial charge in [0.05, 0.1) is 6.20 Å². The van der Waals surface area contributed by atoms with Crippen molar-refractivity contribution in [3.63, 3.8) is 0 Å². The number of hydrogen-bond donors (Lipinski definition) is 1. The van der Waals surface area contributed by atoms with E-state index < -0.39 is 0 Å². The molecule has 1 heterocycles. The van der Waals surface area contributed by atoms with Gasteiger partial charge in [-0.15, -0.1) is 5.10 Å². The molecule has 4 nitrogen and oxygen atoms in total. The van der Waals surface area contributed by atoms with Gasteiger partial charge < -0.3 is 5.32 Å². The van der Waals surface area contributed by atoms with E-state index in [0.717, 1.165) is 10.0 Å². The molecule has 0 saturated heterocycles. The summed E-state index contributed by atoms with van der Waals surface area (Å²) in [4.78, 5) is 4.31. The maximum Gasteiger partial charge on any atom is 0.184 e. The SMILES string of the molecule is CNc1cnnc(-c2ccccc2Br)n1. The van der Waals surface area contributed by atoms with Crippen LogP contribution >= 0.6 is 15.9 Å². The smallest absolute Gasteiger partial charge is 0.184 e. The van der Waals surface area contributed by atoms with Crippen LogP contribution in [0.1, 0.15) is 0 Å². The fourth-order valence-electron chi connectivity index (χ4n) is 1.18. The van der Waals surface area contributed by atoms with E-state index in [9.17, 15) is 0 Å². The molecule has 0 aliphatic rings. The van der Waals surface area contributed by atoms with Crippen molar-refractivity contribution in [1.29, 1.82) is 0 Å². The summed E-state index contributed by atoms with van der Waals surface area (Å²) < 4.78 is 0.958. The number of hydrogen-bond acceptors (Lipinski definition) is 4. The fraction of sp³-hybridized carbons (Fsp3) is 0.100. The summed E-state index contributed by atoms with van der Waals surface area (Å²) >= 11 is 3.45. The first-order valence-electron chi connectivity index (χ1n) is 4.43. The van der Waals surface area contributed by atoms with Crippen molar-refractivity contribution in [3.05, 3.63) is 34.9 Å². The van der Waals surface area contributed by atoms with E-state index in [4.69, 9.17) is 0 Å². The molecular weight excluding hydrogens is 256 g/mol. The van der Waals surface area contributed by atoms with Gasteiger partial charge in [-0.25, -0.2) is 4.98 Å². The Balaban J connectivity index is 2.49. The third-order valence-corrected chi connectivity index (χ3v) is 2.62. The van der Waals surface area contributed by atoms with Crippen LogP contribution < -0.4 is 5.32 Å². The third kappa shape index (κ3) is 2.12. The van der Waals surface area contributed by atoms with Gasteiger partial charge in [-0.05, 0) is 12.1 Å². The summed E-state index contributed by atoms with van der Waals surface area (Å²) in [7, 11) is 1.80. The maximum absolute atomic E-state index is 4.31. The van der Waals surface area contributed by atoms with E-state index in [1.54, 1.807) is 13.2 Å². The van der Waals surface area contributed by atoms with E-state index in [0.29, 0.717) is 11.6 Å². The highest BCUT2D eigenvalue weighted by molar-refractivity contribution is 9.10. The van der Waals surface area contributed by atoms with Gasteiger partial charge in [0.1, 0.15) is 5.82 Å². The van der Waals surface area contributed by atoms with E-state index in [1.807, 2.05) is 24.3 Å². The molecule has 1 aromatic heterocycles. The van der Waals surface area contributed by atoms with Gasteiger partial charge in [-0.3, -0.25) is 0 Å². The minimum absolute atomic E-state index is 0.606. The number of halogens is 1. The Morgan fingerprint density at radius 1 is 1.27 bits per heavy atom. The zero-order chi connectivity index (χ0) is 10.7. The lowest BCUT2D eigenvalue weighted by atomic mass is 10.2. The molecule has 2 rings (SSSR count). The predicted molar refractivity (Wildman–Crippen MR) is 62.5 cm³/mol. The van der Waals surface area contributed by atoms with Crippen LogP contribution in [-0.4, -0.2) is 22.2 Å². The Bertz CT molecular complexity index is 472. The van der Waals surface area contributed by atoms with Gasteiger partial charge in [0.2, 0.25) is 0 Å². The molecule has 0 saturated carbocycles. The molecule has 5 heteroatoms. The van der Waals surface area contributed by atoms with E-state index in [2.05, 4.69) is 36.4 Å². The molecule has 2 aromatic rings. The largest absolute Gasteiger partial charge is 0.372 e. The zero-order valence-electron chi connectivity index (χ0n) is 8.11. The fourth-order valence-corrected chi connectivity index (χ4v) is 1.64. The average molecular weight is 265 g/mol. The number of nitrogens with one attached hydrogen (secondary N) is 1. The molecule has 0 aliphatic carbocycles. The number of nitrogens with zero attached hydrogens (tertiary/aromatic N) is 3. The normalized spacial score (nSPS) is 10.0. The van der Waals surface area contributed by atoms with Crippen LogP contribution in [0.2, 0.25) is 0 Å². The summed E-state index contributed by atoms with van der Waals surface area (Å²) in [6.07, 6.45) is 1.58. The standard InChI is InChI=1S/C10H9BrN4/c1-12-9-6-13-15-10(14-9)7-4-2-3-5-8(7)11/h2-6H,1H3,(H,12,14,15). The minimum atomic E-state index is 0.606. The van der Waals surface area contributed by atoms with E-state index in [-0.39, 0.29) is 0 Å². The van der Waals surface area contributed by atoms with Gasteiger partial charge in [-0.2, -0.15) is 5.10 Å². The average Bonchev–Trinajstić information content (AvgIpc) is 2.30. The van der Waals surface area contributed by atoms with Crippen molar-refractivity contribution < 1.29 is 0 Å². The summed E-state index contributed by atoms with van der Waals surface area (Å²) in [5.74, 6) is 1.31. The second kappa shape index (κ2) is 4.35. The van der Waals surface area contributed by atoms with Crippen LogP contribution in [0.25, 0.3) is 11.4 Å². The van der Waals surface area contributed by atoms with Crippen LogP contribution in [0.5, 0.6) is 0 Å². The highest BCUT2D eigenvalue weighted by Crippen LogP contribution is 2.24. The van der Waals surface area contributed by atoms with Crippen LogP contribution in [0, 0.1) is 0 Å². The number of rotatable bonds is 2. The van der Waals surface area contributed by atoms with Gasteiger partial charge in [0.15, 0.2) is 5.82 Å². The first kappa shape index (κ1) is 10.0.